The molecular weight excluding hydrogens is 207 g/mol. The van der Waals surface area contributed by atoms with Gasteiger partial charge in [0.05, 0.1) is 24.4 Å². The van der Waals surface area contributed by atoms with Crippen molar-refractivity contribution in [2.75, 3.05) is 24.4 Å². The van der Waals surface area contributed by atoms with Crippen molar-refractivity contribution in [3.8, 4) is 0 Å². The molecule has 0 aromatic rings. The van der Waals surface area contributed by atoms with Crippen LogP contribution in [0.3, 0.4) is 0 Å². The first-order valence-corrected chi connectivity index (χ1v) is 4.38. The molecule has 0 bridgehead atoms. The molecule has 0 radical (unpaired) electrons. The van der Waals surface area contributed by atoms with E-state index >= 15 is 0 Å². The Balaban J connectivity index is 2.45. The van der Waals surface area contributed by atoms with Gasteiger partial charge in [0.2, 0.25) is 0 Å². The smallest absolute Gasteiger partial charge is 0.191 e. The highest BCUT2D eigenvalue weighted by Gasteiger charge is 2.34. The van der Waals surface area contributed by atoms with E-state index in [4.69, 9.17) is 21.1 Å². The van der Waals surface area contributed by atoms with Crippen LogP contribution in [0.5, 0.6) is 0 Å². The minimum absolute atomic E-state index is 0.387. The minimum Gasteiger partial charge on any atom is -0.346 e. The summed E-state index contributed by atoms with van der Waals surface area (Å²) in [6, 6.07) is 0. The van der Waals surface area contributed by atoms with Crippen LogP contribution < -0.4 is 0 Å². The van der Waals surface area contributed by atoms with E-state index in [0.717, 1.165) is 0 Å². The molecule has 1 fully saturated rings. The fourth-order valence-electron chi connectivity index (χ4n) is 0.687. The predicted octanol–water partition coefficient (Wildman–Crippen LogP) is 1.36. The molecule has 54 valence electrons. The van der Waals surface area contributed by atoms with Crippen LogP contribution in [0.4, 0.5) is 0 Å². The highest BCUT2D eigenvalue weighted by atomic mass is 79.9. The lowest BCUT2D eigenvalue weighted by atomic mass is 10.4. The summed E-state index contributed by atoms with van der Waals surface area (Å²) >= 11 is 8.84. The second-order valence-electron chi connectivity index (χ2n) is 1.87. The zero-order valence-corrected chi connectivity index (χ0v) is 7.24. The van der Waals surface area contributed by atoms with Crippen LogP contribution in [0, 0.1) is 0 Å². The molecule has 1 aliphatic heterocycles. The van der Waals surface area contributed by atoms with Crippen molar-refractivity contribution in [3.05, 3.63) is 0 Å². The zero-order chi connectivity index (χ0) is 6.74. The van der Waals surface area contributed by atoms with Crippen molar-refractivity contribution in [3.63, 3.8) is 0 Å². The van der Waals surface area contributed by atoms with E-state index in [1.54, 1.807) is 0 Å². The molecule has 0 unspecified atom stereocenters. The molecule has 1 heterocycles. The van der Waals surface area contributed by atoms with Crippen molar-refractivity contribution in [2.45, 2.75) is 5.79 Å². The van der Waals surface area contributed by atoms with Gasteiger partial charge in [0, 0.05) is 0 Å². The zero-order valence-electron chi connectivity index (χ0n) is 4.90. The number of ether oxygens (including phenoxy) is 2. The largest absolute Gasteiger partial charge is 0.346 e. The lowest BCUT2D eigenvalue weighted by Gasteiger charge is -2.20. The molecule has 1 rings (SSSR count). The summed E-state index contributed by atoms with van der Waals surface area (Å²) in [5, 5.41) is 0.642. The molecule has 0 saturated carbocycles. The third-order valence-corrected chi connectivity index (χ3v) is 2.48. The van der Waals surface area contributed by atoms with E-state index < -0.39 is 5.79 Å². The molecule has 0 aromatic carbocycles. The molecule has 0 N–H and O–H groups in total. The van der Waals surface area contributed by atoms with Crippen molar-refractivity contribution in [2.24, 2.45) is 0 Å². The van der Waals surface area contributed by atoms with Crippen LogP contribution in [0.15, 0.2) is 0 Å². The molecule has 0 spiro atoms. The van der Waals surface area contributed by atoms with Crippen LogP contribution in [0.25, 0.3) is 0 Å². The summed E-state index contributed by atoms with van der Waals surface area (Å²) in [5.74, 6) is -0.153. The van der Waals surface area contributed by atoms with Crippen molar-refractivity contribution >= 4 is 27.5 Å². The first-order valence-electron chi connectivity index (χ1n) is 2.73. The maximum absolute atomic E-state index is 5.58. The fourth-order valence-corrected chi connectivity index (χ4v) is 1.69. The molecular formula is C5H8BrClO2. The summed E-state index contributed by atoms with van der Waals surface area (Å²) in [7, 11) is 0. The lowest BCUT2D eigenvalue weighted by Crippen LogP contribution is -2.33. The molecule has 4 heteroatoms. The number of alkyl halides is 2. The van der Waals surface area contributed by atoms with Crippen molar-refractivity contribution in [1.29, 1.82) is 0 Å². The van der Waals surface area contributed by atoms with Gasteiger partial charge in [-0.2, -0.15) is 0 Å². The number of rotatable bonds is 2. The average molecular weight is 215 g/mol. The highest BCUT2D eigenvalue weighted by Crippen LogP contribution is 2.22. The Hall–Kier alpha value is 0.690. The Bertz CT molecular complexity index is 87.0. The third-order valence-electron chi connectivity index (χ3n) is 1.22. The van der Waals surface area contributed by atoms with E-state index in [2.05, 4.69) is 15.9 Å². The maximum Gasteiger partial charge on any atom is 0.191 e. The second-order valence-corrected chi connectivity index (χ2v) is 2.70. The normalized spacial score (nSPS) is 24.7. The molecule has 0 amide bonds. The van der Waals surface area contributed by atoms with Crippen molar-refractivity contribution < 1.29 is 9.47 Å². The molecule has 1 saturated heterocycles. The quantitative estimate of drug-likeness (QED) is 0.648. The molecule has 0 aromatic heterocycles. The SMILES string of the molecule is ClCC1(CBr)OCCO1. The van der Waals surface area contributed by atoms with Crippen LogP contribution in [-0.4, -0.2) is 30.2 Å². The first kappa shape index (κ1) is 7.79. The standard InChI is InChI=1S/C5H8BrClO2/c6-3-5(4-7)8-1-2-9-5/h1-4H2. The molecule has 0 atom stereocenters. The van der Waals surface area contributed by atoms with E-state index in [0.29, 0.717) is 24.4 Å². The predicted molar refractivity (Wildman–Crippen MR) is 39.1 cm³/mol. The summed E-state index contributed by atoms with van der Waals surface area (Å²) in [4.78, 5) is 0. The van der Waals surface area contributed by atoms with E-state index in [-0.39, 0.29) is 0 Å². The molecule has 0 aliphatic carbocycles. The number of hydrogen-bond acceptors (Lipinski definition) is 2. The van der Waals surface area contributed by atoms with Crippen molar-refractivity contribution in [1.82, 2.24) is 0 Å². The van der Waals surface area contributed by atoms with Gasteiger partial charge < -0.3 is 9.47 Å². The summed E-state index contributed by atoms with van der Waals surface area (Å²) < 4.78 is 10.5. The first-order chi connectivity index (χ1) is 4.33. The van der Waals surface area contributed by atoms with Gasteiger partial charge in [0.25, 0.3) is 0 Å². The monoisotopic (exact) mass is 214 g/mol. The van der Waals surface area contributed by atoms with Gasteiger partial charge in [0.1, 0.15) is 0 Å². The third kappa shape index (κ3) is 1.58. The average Bonchev–Trinajstić information content (AvgIpc) is 2.36. The fraction of sp³-hybridized carbons (Fsp3) is 1.00. The van der Waals surface area contributed by atoms with E-state index in [1.165, 1.54) is 0 Å². The highest BCUT2D eigenvalue weighted by molar-refractivity contribution is 9.09. The van der Waals surface area contributed by atoms with Gasteiger partial charge in [-0.05, 0) is 0 Å². The van der Waals surface area contributed by atoms with Gasteiger partial charge in [-0.25, -0.2) is 0 Å². The lowest BCUT2D eigenvalue weighted by molar-refractivity contribution is -0.117. The summed E-state index contributed by atoms with van der Waals surface area (Å²) in [5.41, 5.74) is 0. The number of hydrogen-bond donors (Lipinski definition) is 0. The Labute approximate surface area is 67.6 Å². The summed E-state index contributed by atoms with van der Waals surface area (Å²) in [6.45, 7) is 1.30. The molecule has 2 nitrogen and oxygen atoms in total. The minimum atomic E-state index is -0.540. The van der Waals surface area contributed by atoms with Crippen LogP contribution >= 0.6 is 27.5 Å². The van der Waals surface area contributed by atoms with E-state index in [9.17, 15) is 0 Å². The second kappa shape index (κ2) is 3.19. The number of halogens is 2. The van der Waals surface area contributed by atoms with Gasteiger partial charge in [-0.15, -0.1) is 11.6 Å². The topological polar surface area (TPSA) is 18.5 Å². The Kier molecular flexibility index (Phi) is 2.76. The van der Waals surface area contributed by atoms with Gasteiger partial charge in [-0.3, -0.25) is 0 Å². The van der Waals surface area contributed by atoms with Crippen LogP contribution in [-0.2, 0) is 9.47 Å². The van der Waals surface area contributed by atoms with Crippen LogP contribution in [0.2, 0.25) is 0 Å². The van der Waals surface area contributed by atoms with Crippen LogP contribution in [0.1, 0.15) is 0 Å². The Morgan fingerprint density at radius 1 is 1.44 bits per heavy atom. The molecule has 1 aliphatic rings. The molecule has 9 heavy (non-hydrogen) atoms. The summed E-state index contributed by atoms with van der Waals surface area (Å²) in [6.07, 6.45) is 0. The van der Waals surface area contributed by atoms with Gasteiger partial charge in [0.15, 0.2) is 5.79 Å². The van der Waals surface area contributed by atoms with Gasteiger partial charge >= 0.3 is 0 Å². The van der Waals surface area contributed by atoms with Gasteiger partial charge in [-0.1, -0.05) is 15.9 Å². The maximum atomic E-state index is 5.58. The Morgan fingerprint density at radius 3 is 2.22 bits per heavy atom. The Morgan fingerprint density at radius 2 is 2.00 bits per heavy atom. The van der Waals surface area contributed by atoms with E-state index in [1.807, 2.05) is 0 Å².